The average molecular weight is 326 g/mol. The third kappa shape index (κ3) is 2.40. The minimum Gasteiger partial charge on any atom is -0.306 e. The van der Waals surface area contributed by atoms with E-state index in [1.54, 1.807) is 36.4 Å². The fourth-order valence-corrected chi connectivity index (χ4v) is 2.59. The fraction of sp³-hybridized carbons (Fsp3) is 0. The van der Waals surface area contributed by atoms with Crippen LogP contribution in [0.1, 0.15) is 0 Å². The van der Waals surface area contributed by atoms with Crippen molar-refractivity contribution in [3.63, 3.8) is 0 Å². The van der Waals surface area contributed by atoms with Crippen molar-refractivity contribution in [1.29, 1.82) is 0 Å². The summed E-state index contributed by atoms with van der Waals surface area (Å²) in [6.45, 7) is 0. The number of aromatic nitrogens is 2. The predicted molar refractivity (Wildman–Crippen MR) is 82.8 cm³/mol. The van der Waals surface area contributed by atoms with Crippen LogP contribution < -0.4 is 5.56 Å². The molecule has 3 nitrogen and oxygen atoms in total. The van der Waals surface area contributed by atoms with E-state index in [-0.39, 0.29) is 5.56 Å². The molecular weight excluding hydrogens is 319 g/mol. The lowest BCUT2D eigenvalue weighted by atomic mass is 10.2. The molecule has 0 fully saturated rings. The molecule has 1 heterocycles. The summed E-state index contributed by atoms with van der Waals surface area (Å²) in [7, 11) is 0. The van der Waals surface area contributed by atoms with Crippen molar-refractivity contribution in [2.24, 2.45) is 0 Å². The molecule has 0 aliphatic heterocycles. The maximum absolute atomic E-state index is 12.1. The largest absolute Gasteiger partial charge is 0.306 e. The fourth-order valence-electron chi connectivity index (χ4n) is 1.92. The summed E-state index contributed by atoms with van der Waals surface area (Å²) in [5, 5.41) is 1.93. The number of rotatable bonds is 1. The highest BCUT2D eigenvalue weighted by Gasteiger charge is 2.10. The molecule has 6 heteroatoms. The van der Waals surface area contributed by atoms with Crippen molar-refractivity contribution in [2.75, 3.05) is 0 Å². The zero-order valence-electron chi connectivity index (χ0n) is 9.95. The molecule has 0 atom stereocenters. The number of hydrogen-bond acceptors (Lipinski definition) is 2. The van der Waals surface area contributed by atoms with Gasteiger partial charge in [0.05, 0.1) is 15.9 Å². The summed E-state index contributed by atoms with van der Waals surface area (Å²) in [6, 6.07) is 9.91. The molecule has 0 unspecified atom stereocenters. The molecule has 2 aromatic carbocycles. The van der Waals surface area contributed by atoms with Gasteiger partial charge in [-0.2, -0.15) is 0 Å². The van der Waals surface area contributed by atoms with Crippen LogP contribution in [0.2, 0.25) is 15.1 Å². The maximum Gasteiger partial charge on any atom is 0.259 e. The van der Waals surface area contributed by atoms with Crippen LogP contribution in [0.25, 0.3) is 22.3 Å². The molecule has 0 spiro atoms. The van der Waals surface area contributed by atoms with E-state index in [0.717, 1.165) is 0 Å². The van der Waals surface area contributed by atoms with Crippen LogP contribution in [-0.4, -0.2) is 9.97 Å². The van der Waals surface area contributed by atoms with Gasteiger partial charge in [-0.15, -0.1) is 0 Å². The number of nitrogens with one attached hydrogen (secondary N) is 1. The number of H-pyrrole nitrogens is 1. The Balaban J connectivity index is 2.29. The van der Waals surface area contributed by atoms with Crippen molar-refractivity contribution >= 4 is 45.7 Å². The Kier molecular flexibility index (Phi) is 3.42. The van der Waals surface area contributed by atoms with Crippen molar-refractivity contribution in [1.82, 2.24) is 9.97 Å². The van der Waals surface area contributed by atoms with Gasteiger partial charge in [0.2, 0.25) is 0 Å². The van der Waals surface area contributed by atoms with E-state index in [9.17, 15) is 4.79 Å². The van der Waals surface area contributed by atoms with Crippen LogP contribution in [0.4, 0.5) is 0 Å². The van der Waals surface area contributed by atoms with Crippen molar-refractivity contribution < 1.29 is 0 Å². The van der Waals surface area contributed by atoms with Gasteiger partial charge in [-0.3, -0.25) is 4.79 Å². The second kappa shape index (κ2) is 5.09. The molecule has 0 aliphatic rings. The zero-order chi connectivity index (χ0) is 14.3. The molecule has 1 aromatic heterocycles. The number of aromatic amines is 1. The number of fused-ring (bicyclic) bond motifs is 1. The molecule has 3 aromatic rings. The molecule has 0 saturated heterocycles. The lowest BCUT2D eigenvalue weighted by Crippen LogP contribution is -2.09. The number of hydrogen-bond donors (Lipinski definition) is 1. The SMILES string of the molecule is O=c1[nH]c(-c2ccc(Cl)cc2Cl)nc2cc(Cl)ccc12. The smallest absolute Gasteiger partial charge is 0.259 e. The van der Waals surface area contributed by atoms with Gasteiger partial charge in [-0.05, 0) is 36.4 Å². The first-order chi connectivity index (χ1) is 9.54. The van der Waals surface area contributed by atoms with E-state index in [4.69, 9.17) is 34.8 Å². The van der Waals surface area contributed by atoms with E-state index in [1.807, 2.05) is 0 Å². The summed E-state index contributed by atoms with van der Waals surface area (Å²) < 4.78 is 0. The quantitative estimate of drug-likeness (QED) is 0.713. The van der Waals surface area contributed by atoms with Gasteiger partial charge in [0, 0.05) is 15.6 Å². The van der Waals surface area contributed by atoms with Gasteiger partial charge in [-0.25, -0.2) is 4.98 Å². The Morgan fingerprint density at radius 1 is 0.950 bits per heavy atom. The molecule has 0 saturated carbocycles. The normalized spacial score (nSPS) is 10.9. The second-order valence-electron chi connectivity index (χ2n) is 4.20. The van der Waals surface area contributed by atoms with Gasteiger partial charge in [0.15, 0.2) is 0 Å². The highest BCUT2D eigenvalue weighted by atomic mass is 35.5. The molecule has 0 aliphatic carbocycles. The third-order valence-electron chi connectivity index (χ3n) is 2.85. The van der Waals surface area contributed by atoms with Crippen molar-refractivity contribution in [2.45, 2.75) is 0 Å². The summed E-state index contributed by atoms with van der Waals surface area (Å²) in [4.78, 5) is 19.2. The Labute approximate surface area is 129 Å². The number of halogens is 3. The van der Waals surface area contributed by atoms with Gasteiger partial charge < -0.3 is 4.98 Å². The highest BCUT2D eigenvalue weighted by molar-refractivity contribution is 6.36. The van der Waals surface area contributed by atoms with Crippen LogP contribution >= 0.6 is 34.8 Å². The summed E-state index contributed by atoms with van der Waals surface area (Å²) >= 11 is 17.9. The topological polar surface area (TPSA) is 45.8 Å². The van der Waals surface area contributed by atoms with Crippen LogP contribution in [0, 0.1) is 0 Å². The Morgan fingerprint density at radius 3 is 2.40 bits per heavy atom. The summed E-state index contributed by atoms with van der Waals surface area (Å²) in [5.41, 5.74) is 0.880. The Bertz CT molecular complexity index is 874. The van der Waals surface area contributed by atoms with Crippen LogP contribution in [0.3, 0.4) is 0 Å². The standard InChI is InChI=1S/C14H7Cl3N2O/c15-7-1-3-9(11(17)5-7)13-18-12-6-8(16)2-4-10(12)14(20)19-13/h1-6H,(H,18,19,20). The van der Waals surface area contributed by atoms with Gasteiger partial charge in [0.25, 0.3) is 5.56 Å². The minimum atomic E-state index is -0.243. The summed E-state index contributed by atoms with van der Waals surface area (Å²) in [5.74, 6) is 0.381. The van der Waals surface area contributed by atoms with E-state index >= 15 is 0 Å². The van der Waals surface area contributed by atoms with Crippen LogP contribution in [0.5, 0.6) is 0 Å². The molecule has 0 bridgehead atoms. The molecule has 100 valence electrons. The first-order valence-corrected chi connectivity index (χ1v) is 6.83. The van der Waals surface area contributed by atoms with Gasteiger partial charge in [0.1, 0.15) is 5.82 Å². The minimum absolute atomic E-state index is 0.243. The van der Waals surface area contributed by atoms with E-state index < -0.39 is 0 Å². The van der Waals surface area contributed by atoms with E-state index in [0.29, 0.717) is 37.4 Å². The highest BCUT2D eigenvalue weighted by Crippen LogP contribution is 2.28. The van der Waals surface area contributed by atoms with Gasteiger partial charge >= 0.3 is 0 Å². The van der Waals surface area contributed by atoms with Gasteiger partial charge in [-0.1, -0.05) is 34.8 Å². The zero-order valence-corrected chi connectivity index (χ0v) is 12.2. The lowest BCUT2D eigenvalue weighted by Gasteiger charge is -2.05. The van der Waals surface area contributed by atoms with Crippen LogP contribution in [-0.2, 0) is 0 Å². The number of benzene rings is 2. The molecule has 0 radical (unpaired) electrons. The monoisotopic (exact) mass is 324 g/mol. The van der Waals surface area contributed by atoms with Crippen LogP contribution in [0.15, 0.2) is 41.2 Å². The molecular formula is C14H7Cl3N2O. The predicted octanol–water partition coefficient (Wildman–Crippen LogP) is 4.55. The van der Waals surface area contributed by atoms with Crippen molar-refractivity contribution in [3.05, 3.63) is 61.8 Å². The third-order valence-corrected chi connectivity index (χ3v) is 3.64. The average Bonchev–Trinajstić information content (AvgIpc) is 2.37. The second-order valence-corrected chi connectivity index (χ2v) is 5.48. The molecule has 20 heavy (non-hydrogen) atoms. The maximum atomic E-state index is 12.1. The molecule has 0 amide bonds. The van der Waals surface area contributed by atoms with E-state index in [1.165, 1.54) is 0 Å². The lowest BCUT2D eigenvalue weighted by molar-refractivity contribution is 1.18. The molecule has 1 N–H and O–H groups in total. The van der Waals surface area contributed by atoms with Crippen molar-refractivity contribution in [3.8, 4) is 11.4 Å². The number of nitrogens with zero attached hydrogens (tertiary/aromatic N) is 1. The summed E-state index contributed by atoms with van der Waals surface area (Å²) in [6.07, 6.45) is 0. The first-order valence-electron chi connectivity index (χ1n) is 5.69. The Hall–Kier alpha value is -1.55. The first kappa shape index (κ1) is 13.4. The van der Waals surface area contributed by atoms with E-state index in [2.05, 4.69) is 9.97 Å². The molecule has 3 rings (SSSR count). The Morgan fingerprint density at radius 2 is 1.65 bits per heavy atom.